The van der Waals surface area contributed by atoms with Gasteiger partial charge in [-0.15, -0.1) is 11.8 Å². The Morgan fingerprint density at radius 3 is 2.40 bits per heavy atom. The highest BCUT2D eigenvalue weighted by molar-refractivity contribution is 8.14. The number of nitrogens with zero attached hydrogens (tertiary/aromatic N) is 5. The molecule has 0 fully saturated rings. The van der Waals surface area contributed by atoms with E-state index in [4.69, 9.17) is 10.5 Å². The van der Waals surface area contributed by atoms with Crippen LogP contribution in [0, 0.1) is 0 Å². The number of anilines is 2. The molecular formula is C22H25F5N6OS. The molecule has 1 aromatic carbocycles. The second kappa shape index (κ2) is 11.5. The Hall–Kier alpha value is -3.22. The minimum absolute atomic E-state index is 0.0485. The zero-order valence-electron chi connectivity index (χ0n) is 19.5. The molecular weight excluding hydrogens is 491 g/mol. The molecule has 2 heterocycles. The van der Waals surface area contributed by atoms with Crippen molar-refractivity contribution in [3.8, 4) is 0 Å². The van der Waals surface area contributed by atoms with Crippen molar-refractivity contribution in [3.05, 3.63) is 42.2 Å². The van der Waals surface area contributed by atoms with Gasteiger partial charge in [-0.25, -0.2) is 9.98 Å². The Balaban J connectivity index is 0.00000137. The Kier molecular flexibility index (Phi) is 9.18. The van der Waals surface area contributed by atoms with Crippen LogP contribution in [-0.2, 0) is 11.3 Å². The Labute approximate surface area is 203 Å². The number of nitrogen functional groups attached to an aromatic ring is 1. The standard InChI is InChI=1S/C20H21F5N6S.C2H4O/c1-4-32-18(14-6-5-13(30(2)3)8-15(14)26)29-17-7-12-9-28-31(16(12)10-27-17)11-19(21,22)20(23,24)25;1-2-3/h5-10H,4,11,26H2,1-3H3;2H,1H3. The van der Waals surface area contributed by atoms with E-state index in [2.05, 4.69) is 15.1 Å². The Morgan fingerprint density at radius 2 is 1.86 bits per heavy atom. The number of carbonyl (C=O) groups is 1. The van der Waals surface area contributed by atoms with Crippen LogP contribution in [0.25, 0.3) is 10.9 Å². The van der Waals surface area contributed by atoms with Crippen molar-refractivity contribution in [2.45, 2.75) is 32.5 Å². The molecule has 7 nitrogen and oxygen atoms in total. The van der Waals surface area contributed by atoms with Gasteiger partial charge in [-0.1, -0.05) is 6.92 Å². The van der Waals surface area contributed by atoms with E-state index in [0.717, 1.165) is 12.0 Å². The smallest absolute Gasteiger partial charge is 0.398 e. The number of aliphatic imine (C=N–C) groups is 1. The summed E-state index contributed by atoms with van der Waals surface area (Å²) in [6.07, 6.45) is -2.53. The Morgan fingerprint density at radius 1 is 1.20 bits per heavy atom. The number of thioether (sulfide) groups is 1. The SMILES string of the molecule is CC=O.CCSC(=Nc1cc2cnn(CC(F)(F)C(F)(F)F)c2cn1)c1ccc(N(C)C)cc1N. The van der Waals surface area contributed by atoms with Crippen molar-refractivity contribution in [2.75, 3.05) is 30.5 Å². The lowest BCUT2D eigenvalue weighted by Gasteiger charge is -2.19. The number of aromatic nitrogens is 3. The van der Waals surface area contributed by atoms with Crippen LogP contribution in [0.5, 0.6) is 0 Å². The summed E-state index contributed by atoms with van der Waals surface area (Å²) in [4.78, 5) is 19.4. The predicted molar refractivity (Wildman–Crippen MR) is 130 cm³/mol. The molecule has 0 amide bonds. The molecule has 0 atom stereocenters. The van der Waals surface area contributed by atoms with Gasteiger partial charge in [0.15, 0.2) is 5.82 Å². The predicted octanol–water partition coefficient (Wildman–Crippen LogP) is 5.31. The number of carbonyl (C=O) groups excluding carboxylic acids is 1. The van der Waals surface area contributed by atoms with Crippen LogP contribution in [0.15, 0.2) is 41.7 Å². The largest absolute Gasteiger partial charge is 0.455 e. The number of fused-ring (bicyclic) bond motifs is 1. The number of alkyl halides is 5. The summed E-state index contributed by atoms with van der Waals surface area (Å²) in [7, 11) is 3.79. The summed E-state index contributed by atoms with van der Waals surface area (Å²) in [5.41, 5.74) is 8.43. The minimum Gasteiger partial charge on any atom is -0.398 e. The monoisotopic (exact) mass is 516 g/mol. The second-order valence-electron chi connectivity index (χ2n) is 7.36. The van der Waals surface area contributed by atoms with Gasteiger partial charge in [0.2, 0.25) is 0 Å². The molecule has 0 unspecified atom stereocenters. The summed E-state index contributed by atoms with van der Waals surface area (Å²) < 4.78 is 65.0. The zero-order chi connectivity index (χ0) is 26.4. The van der Waals surface area contributed by atoms with Gasteiger partial charge in [-0.2, -0.15) is 27.1 Å². The fourth-order valence-corrected chi connectivity index (χ4v) is 3.64. The fourth-order valence-electron chi connectivity index (χ4n) is 2.86. The van der Waals surface area contributed by atoms with Gasteiger partial charge in [-0.3, -0.25) is 4.68 Å². The first-order valence-corrected chi connectivity index (χ1v) is 11.3. The molecule has 0 spiro atoms. The molecule has 0 saturated carbocycles. The highest BCUT2D eigenvalue weighted by Crippen LogP contribution is 2.37. The quantitative estimate of drug-likeness (QED) is 0.157. The maximum absolute atomic E-state index is 13.4. The fraction of sp³-hybridized carbons (Fsp3) is 0.364. The summed E-state index contributed by atoms with van der Waals surface area (Å²) in [6.45, 7) is 1.77. The van der Waals surface area contributed by atoms with Gasteiger partial charge in [0.25, 0.3) is 0 Å². The summed E-state index contributed by atoms with van der Waals surface area (Å²) >= 11 is 1.45. The average Bonchev–Trinajstić information content (AvgIpc) is 3.14. The van der Waals surface area contributed by atoms with Gasteiger partial charge in [-0.05, 0) is 36.9 Å². The van der Waals surface area contributed by atoms with E-state index in [1.54, 1.807) is 0 Å². The number of pyridine rings is 1. The van der Waals surface area contributed by atoms with E-state index in [1.165, 1.54) is 37.1 Å². The van der Waals surface area contributed by atoms with Crippen molar-refractivity contribution in [3.63, 3.8) is 0 Å². The number of aldehydes is 1. The second-order valence-corrected chi connectivity index (χ2v) is 8.61. The average molecular weight is 517 g/mol. The minimum atomic E-state index is -5.67. The molecule has 0 aliphatic carbocycles. The third kappa shape index (κ3) is 6.90. The third-order valence-corrected chi connectivity index (χ3v) is 5.43. The van der Waals surface area contributed by atoms with Crippen molar-refractivity contribution < 1.29 is 26.7 Å². The molecule has 2 aromatic heterocycles. The lowest BCUT2D eigenvalue weighted by Crippen LogP contribution is -2.40. The van der Waals surface area contributed by atoms with Gasteiger partial charge >= 0.3 is 12.1 Å². The van der Waals surface area contributed by atoms with Crippen molar-refractivity contribution in [1.82, 2.24) is 14.8 Å². The molecule has 3 rings (SSSR count). The highest BCUT2D eigenvalue weighted by Gasteiger charge is 2.57. The molecule has 35 heavy (non-hydrogen) atoms. The van der Waals surface area contributed by atoms with E-state index < -0.39 is 18.6 Å². The van der Waals surface area contributed by atoms with Crippen molar-refractivity contribution in [1.29, 1.82) is 0 Å². The molecule has 0 saturated heterocycles. The van der Waals surface area contributed by atoms with E-state index in [-0.39, 0.29) is 11.3 Å². The molecule has 0 aliphatic heterocycles. The van der Waals surface area contributed by atoms with E-state index in [9.17, 15) is 22.0 Å². The van der Waals surface area contributed by atoms with E-state index in [0.29, 0.717) is 32.1 Å². The molecule has 13 heteroatoms. The molecule has 2 N–H and O–H groups in total. The first kappa shape index (κ1) is 28.0. The lowest BCUT2D eigenvalue weighted by atomic mass is 10.1. The first-order chi connectivity index (χ1) is 16.3. The Bertz CT molecular complexity index is 1190. The number of benzene rings is 1. The van der Waals surface area contributed by atoms with Gasteiger partial charge in [0.05, 0.1) is 17.9 Å². The summed E-state index contributed by atoms with van der Waals surface area (Å²) in [5.74, 6) is -3.95. The number of hydrogen-bond donors (Lipinski definition) is 1. The topological polar surface area (TPSA) is 89.4 Å². The molecule has 3 aromatic rings. The van der Waals surface area contributed by atoms with Gasteiger partial charge < -0.3 is 15.4 Å². The summed E-state index contributed by atoms with van der Waals surface area (Å²) in [5, 5.41) is 4.62. The number of rotatable bonds is 6. The van der Waals surface area contributed by atoms with Gasteiger partial charge in [0.1, 0.15) is 17.9 Å². The maximum Gasteiger partial charge on any atom is 0.455 e. The summed E-state index contributed by atoms with van der Waals surface area (Å²) in [6, 6.07) is 7.05. The van der Waals surface area contributed by atoms with Crippen LogP contribution in [0.4, 0.5) is 39.1 Å². The van der Waals surface area contributed by atoms with Crippen LogP contribution < -0.4 is 10.6 Å². The number of halogens is 5. The molecule has 0 bridgehead atoms. The number of nitrogens with two attached hydrogens (primary N) is 1. The molecule has 0 radical (unpaired) electrons. The highest BCUT2D eigenvalue weighted by atomic mass is 32.2. The zero-order valence-corrected chi connectivity index (χ0v) is 20.3. The van der Waals surface area contributed by atoms with Gasteiger partial charge in [0, 0.05) is 36.4 Å². The van der Waals surface area contributed by atoms with Crippen molar-refractivity contribution in [2.24, 2.45) is 4.99 Å². The van der Waals surface area contributed by atoms with Crippen LogP contribution in [-0.4, -0.2) is 58.0 Å². The van der Waals surface area contributed by atoms with Crippen LogP contribution in [0.3, 0.4) is 0 Å². The lowest BCUT2D eigenvalue weighted by molar-refractivity contribution is -0.287. The van der Waals surface area contributed by atoms with Crippen LogP contribution in [0.1, 0.15) is 19.4 Å². The van der Waals surface area contributed by atoms with Crippen LogP contribution in [0.2, 0.25) is 0 Å². The third-order valence-electron chi connectivity index (χ3n) is 4.56. The van der Waals surface area contributed by atoms with E-state index >= 15 is 0 Å². The number of hydrogen-bond acceptors (Lipinski definition) is 7. The normalized spacial score (nSPS) is 12.3. The van der Waals surface area contributed by atoms with Crippen molar-refractivity contribution >= 4 is 51.2 Å². The first-order valence-electron chi connectivity index (χ1n) is 10.3. The van der Waals surface area contributed by atoms with Crippen LogP contribution >= 0.6 is 11.8 Å². The van der Waals surface area contributed by atoms with E-state index in [1.807, 2.05) is 44.1 Å². The molecule has 0 aliphatic rings. The maximum atomic E-state index is 13.4. The molecule has 190 valence electrons.